The van der Waals surface area contributed by atoms with E-state index < -0.39 is 8.32 Å². The van der Waals surface area contributed by atoms with Crippen molar-refractivity contribution < 1.29 is 4.43 Å². The lowest BCUT2D eigenvalue weighted by Crippen LogP contribution is -2.41. The molecule has 2 nitrogen and oxygen atoms in total. The van der Waals surface area contributed by atoms with Gasteiger partial charge in [-0.15, -0.1) is 11.3 Å². The third-order valence-electron chi connectivity index (χ3n) is 3.72. The van der Waals surface area contributed by atoms with E-state index in [2.05, 4.69) is 39.9 Å². The summed E-state index contributed by atoms with van der Waals surface area (Å²) in [5.41, 5.74) is 0. The van der Waals surface area contributed by atoms with Gasteiger partial charge in [-0.1, -0.05) is 26.8 Å². The SMILES string of the molecule is CC(C)(C)[Si](C)(C)OCCC(C#N)c1cccs1. The first-order valence-corrected chi connectivity index (χ1v) is 10.1. The summed E-state index contributed by atoms with van der Waals surface area (Å²) >= 11 is 1.65. The van der Waals surface area contributed by atoms with Crippen molar-refractivity contribution in [1.82, 2.24) is 0 Å². The molecule has 0 fully saturated rings. The van der Waals surface area contributed by atoms with Gasteiger partial charge in [0.25, 0.3) is 0 Å². The van der Waals surface area contributed by atoms with Crippen LogP contribution in [0.3, 0.4) is 0 Å². The molecule has 1 rings (SSSR count). The van der Waals surface area contributed by atoms with Crippen molar-refractivity contribution in [2.24, 2.45) is 0 Å². The molecular formula is C14H23NOSSi. The molecule has 0 radical (unpaired) electrons. The minimum atomic E-state index is -1.68. The Kier molecular flexibility index (Phi) is 5.15. The summed E-state index contributed by atoms with van der Waals surface area (Å²) in [4.78, 5) is 1.15. The highest BCUT2D eigenvalue weighted by atomic mass is 32.1. The standard InChI is InChI=1S/C14H23NOSSi/c1-14(2,3)18(4,5)16-9-8-12(11-15)13-7-6-10-17-13/h6-7,10,12H,8-9H2,1-5H3. The first-order valence-electron chi connectivity index (χ1n) is 6.35. The Morgan fingerprint density at radius 1 is 1.44 bits per heavy atom. The van der Waals surface area contributed by atoms with Crippen LogP contribution in [0.2, 0.25) is 18.1 Å². The van der Waals surface area contributed by atoms with Gasteiger partial charge in [0.05, 0.1) is 12.0 Å². The van der Waals surface area contributed by atoms with Crippen molar-refractivity contribution >= 4 is 19.7 Å². The number of hydrogen-bond acceptors (Lipinski definition) is 3. The fourth-order valence-corrected chi connectivity index (χ4v) is 3.28. The fourth-order valence-electron chi connectivity index (χ4n) is 1.41. The zero-order valence-electron chi connectivity index (χ0n) is 12.0. The Morgan fingerprint density at radius 3 is 2.56 bits per heavy atom. The van der Waals surface area contributed by atoms with Crippen molar-refractivity contribution in [3.05, 3.63) is 22.4 Å². The minimum Gasteiger partial charge on any atom is -0.417 e. The minimum absolute atomic E-state index is 0.0187. The molecule has 0 spiro atoms. The van der Waals surface area contributed by atoms with Crippen LogP contribution in [-0.4, -0.2) is 14.9 Å². The molecule has 1 heterocycles. The van der Waals surface area contributed by atoms with Crippen LogP contribution in [0.25, 0.3) is 0 Å². The summed E-state index contributed by atoms with van der Waals surface area (Å²) in [6, 6.07) is 6.41. The normalized spacial score (nSPS) is 14.2. The van der Waals surface area contributed by atoms with E-state index in [1.54, 1.807) is 11.3 Å². The number of hydrogen-bond donors (Lipinski definition) is 0. The molecular weight excluding hydrogens is 258 g/mol. The summed E-state index contributed by atoms with van der Waals surface area (Å²) in [6.45, 7) is 11.9. The molecule has 1 aromatic heterocycles. The van der Waals surface area contributed by atoms with E-state index in [0.29, 0.717) is 6.61 Å². The highest BCUT2D eigenvalue weighted by molar-refractivity contribution is 7.10. The summed E-state index contributed by atoms with van der Waals surface area (Å²) in [7, 11) is -1.68. The lowest BCUT2D eigenvalue weighted by atomic mass is 10.1. The van der Waals surface area contributed by atoms with E-state index in [1.807, 2.05) is 17.5 Å². The Labute approximate surface area is 116 Å². The quantitative estimate of drug-likeness (QED) is 0.728. The second-order valence-corrected chi connectivity index (χ2v) is 11.9. The zero-order chi connectivity index (χ0) is 13.8. The molecule has 0 aliphatic carbocycles. The maximum atomic E-state index is 9.20. The van der Waals surface area contributed by atoms with Crippen molar-refractivity contribution in [2.75, 3.05) is 6.61 Å². The van der Waals surface area contributed by atoms with Crippen LogP contribution >= 0.6 is 11.3 Å². The largest absolute Gasteiger partial charge is 0.417 e. The first-order chi connectivity index (χ1) is 8.28. The monoisotopic (exact) mass is 281 g/mol. The molecule has 1 aromatic rings. The number of rotatable bonds is 5. The van der Waals surface area contributed by atoms with Gasteiger partial charge in [-0.05, 0) is 36.0 Å². The van der Waals surface area contributed by atoms with Crippen LogP contribution < -0.4 is 0 Å². The third-order valence-corrected chi connectivity index (χ3v) is 9.24. The molecule has 0 aromatic carbocycles. The smallest absolute Gasteiger partial charge is 0.191 e. The molecule has 0 bridgehead atoms. The topological polar surface area (TPSA) is 33.0 Å². The molecule has 0 amide bonds. The predicted octanol–water partition coefficient (Wildman–Crippen LogP) is 4.77. The Morgan fingerprint density at radius 2 is 2.11 bits per heavy atom. The van der Waals surface area contributed by atoms with Crippen LogP contribution in [0.15, 0.2) is 17.5 Å². The van der Waals surface area contributed by atoms with Crippen molar-refractivity contribution in [2.45, 2.75) is 51.2 Å². The van der Waals surface area contributed by atoms with E-state index in [1.165, 1.54) is 0 Å². The van der Waals surface area contributed by atoms with Gasteiger partial charge in [-0.2, -0.15) is 5.26 Å². The molecule has 0 saturated carbocycles. The van der Waals surface area contributed by atoms with Crippen LogP contribution in [0.5, 0.6) is 0 Å². The Bertz CT molecular complexity index is 400. The third kappa shape index (κ3) is 3.94. The van der Waals surface area contributed by atoms with Gasteiger partial charge in [-0.3, -0.25) is 0 Å². The Hall–Kier alpha value is -0.633. The van der Waals surface area contributed by atoms with E-state index in [-0.39, 0.29) is 11.0 Å². The van der Waals surface area contributed by atoms with Crippen LogP contribution in [0.1, 0.15) is 38.0 Å². The molecule has 1 unspecified atom stereocenters. The van der Waals surface area contributed by atoms with E-state index in [9.17, 15) is 5.26 Å². The molecule has 100 valence electrons. The molecule has 1 atom stereocenters. The van der Waals surface area contributed by atoms with E-state index in [4.69, 9.17) is 4.43 Å². The zero-order valence-corrected chi connectivity index (χ0v) is 13.8. The second-order valence-electron chi connectivity index (χ2n) is 6.09. The van der Waals surface area contributed by atoms with Crippen LogP contribution in [-0.2, 0) is 4.43 Å². The lowest BCUT2D eigenvalue weighted by Gasteiger charge is -2.36. The van der Waals surface area contributed by atoms with Crippen LogP contribution in [0.4, 0.5) is 0 Å². The maximum Gasteiger partial charge on any atom is 0.191 e. The van der Waals surface area contributed by atoms with Gasteiger partial charge in [0.15, 0.2) is 8.32 Å². The predicted molar refractivity (Wildman–Crippen MR) is 80.4 cm³/mol. The fraction of sp³-hybridized carbons (Fsp3) is 0.643. The van der Waals surface area contributed by atoms with Gasteiger partial charge in [-0.25, -0.2) is 0 Å². The second kappa shape index (κ2) is 6.01. The highest BCUT2D eigenvalue weighted by Gasteiger charge is 2.37. The van der Waals surface area contributed by atoms with Gasteiger partial charge in [0, 0.05) is 11.5 Å². The average Bonchev–Trinajstić information content (AvgIpc) is 2.76. The van der Waals surface area contributed by atoms with E-state index in [0.717, 1.165) is 11.3 Å². The highest BCUT2D eigenvalue weighted by Crippen LogP contribution is 2.37. The van der Waals surface area contributed by atoms with Gasteiger partial charge < -0.3 is 4.43 Å². The lowest BCUT2D eigenvalue weighted by molar-refractivity contribution is 0.278. The van der Waals surface area contributed by atoms with Crippen LogP contribution in [0, 0.1) is 11.3 Å². The van der Waals surface area contributed by atoms with Gasteiger partial charge in [0.2, 0.25) is 0 Å². The summed E-state index contributed by atoms with van der Waals surface area (Å²) in [6.07, 6.45) is 0.795. The molecule has 0 N–H and O–H groups in total. The van der Waals surface area contributed by atoms with Crippen molar-refractivity contribution in [1.29, 1.82) is 5.26 Å². The molecule has 4 heteroatoms. The summed E-state index contributed by atoms with van der Waals surface area (Å²) in [5.74, 6) is -0.0187. The molecule has 18 heavy (non-hydrogen) atoms. The van der Waals surface area contributed by atoms with E-state index >= 15 is 0 Å². The number of thiophene rings is 1. The summed E-state index contributed by atoms with van der Waals surface area (Å²) < 4.78 is 6.12. The average molecular weight is 281 g/mol. The van der Waals surface area contributed by atoms with Gasteiger partial charge in [0.1, 0.15) is 0 Å². The first kappa shape index (κ1) is 15.4. The Balaban J connectivity index is 2.49. The van der Waals surface area contributed by atoms with Crippen molar-refractivity contribution in [3.63, 3.8) is 0 Å². The van der Waals surface area contributed by atoms with Gasteiger partial charge >= 0.3 is 0 Å². The maximum absolute atomic E-state index is 9.20. The summed E-state index contributed by atoms with van der Waals surface area (Å²) in [5, 5.41) is 11.5. The molecule has 0 aliphatic heterocycles. The number of nitriles is 1. The molecule has 0 aliphatic rings. The molecule has 0 saturated heterocycles. The number of nitrogens with zero attached hydrogens (tertiary/aromatic N) is 1. The van der Waals surface area contributed by atoms with Crippen molar-refractivity contribution in [3.8, 4) is 6.07 Å².